The smallest absolute Gasteiger partial charge is 0.255 e. The standard InChI is InChI=1S/C27H38FN3O5/c1-3-5-13-35-27(36-14-6-4-2)18-9-11-30(12-10-18)23-15-19-17-31(26(34)20(19)16-21(23)28)22-7-8-24(32)29-25(22)33/h15-16,18,22,27H,3-14,17H2,1-2H3,(H,29,32,33)/t22-/m0/s1. The Labute approximate surface area is 212 Å². The van der Waals surface area contributed by atoms with E-state index in [1.54, 1.807) is 6.07 Å². The van der Waals surface area contributed by atoms with Gasteiger partial charge in [0.2, 0.25) is 11.8 Å². The second-order valence-corrected chi connectivity index (χ2v) is 10.0. The van der Waals surface area contributed by atoms with Gasteiger partial charge in [-0.05, 0) is 49.8 Å². The Morgan fingerprint density at radius 2 is 1.69 bits per heavy atom. The Balaban J connectivity index is 1.40. The first-order valence-electron chi connectivity index (χ1n) is 13.4. The molecule has 2 saturated heterocycles. The molecule has 0 aliphatic carbocycles. The van der Waals surface area contributed by atoms with Crippen LogP contribution in [0.5, 0.6) is 0 Å². The molecule has 0 radical (unpaired) electrons. The van der Waals surface area contributed by atoms with Gasteiger partial charge in [0.05, 0.1) is 5.69 Å². The number of rotatable bonds is 11. The maximum atomic E-state index is 15.2. The minimum atomic E-state index is -0.706. The molecule has 1 aromatic rings. The molecule has 1 N–H and O–H groups in total. The van der Waals surface area contributed by atoms with Crippen LogP contribution in [-0.2, 0) is 25.6 Å². The summed E-state index contributed by atoms with van der Waals surface area (Å²) in [5.74, 6) is -1.32. The van der Waals surface area contributed by atoms with Crippen molar-refractivity contribution in [3.8, 4) is 0 Å². The fraction of sp³-hybridized carbons (Fsp3) is 0.667. The lowest BCUT2D eigenvalue weighted by atomic mass is 9.95. The van der Waals surface area contributed by atoms with Crippen molar-refractivity contribution in [2.75, 3.05) is 31.2 Å². The van der Waals surface area contributed by atoms with Crippen LogP contribution < -0.4 is 10.2 Å². The topological polar surface area (TPSA) is 88.2 Å². The number of nitrogens with zero attached hydrogens (tertiary/aromatic N) is 2. The van der Waals surface area contributed by atoms with Crippen LogP contribution in [0.3, 0.4) is 0 Å². The van der Waals surface area contributed by atoms with Crippen LogP contribution in [-0.4, -0.2) is 61.3 Å². The summed E-state index contributed by atoms with van der Waals surface area (Å²) >= 11 is 0. The van der Waals surface area contributed by atoms with Crippen molar-refractivity contribution in [3.05, 3.63) is 29.1 Å². The summed E-state index contributed by atoms with van der Waals surface area (Å²) in [7, 11) is 0. The van der Waals surface area contributed by atoms with E-state index in [1.807, 2.05) is 4.90 Å². The highest BCUT2D eigenvalue weighted by molar-refractivity contribution is 6.05. The fourth-order valence-electron chi connectivity index (χ4n) is 5.24. The van der Waals surface area contributed by atoms with Crippen LogP contribution in [0.2, 0.25) is 0 Å². The van der Waals surface area contributed by atoms with Gasteiger partial charge < -0.3 is 19.3 Å². The van der Waals surface area contributed by atoms with Gasteiger partial charge in [0.25, 0.3) is 5.91 Å². The van der Waals surface area contributed by atoms with Gasteiger partial charge >= 0.3 is 0 Å². The molecule has 1 atom stereocenters. The third kappa shape index (κ3) is 5.89. The number of ether oxygens (including phenoxy) is 2. The Bertz CT molecular complexity index is 953. The van der Waals surface area contributed by atoms with E-state index in [4.69, 9.17) is 9.47 Å². The summed E-state index contributed by atoms with van der Waals surface area (Å²) in [6.07, 6.45) is 6.06. The molecule has 8 nitrogen and oxygen atoms in total. The molecule has 0 spiro atoms. The molecule has 0 unspecified atom stereocenters. The maximum absolute atomic E-state index is 15.2. The molecule has 198 valence electrons. The minimum absolute atomic E-state index is 0.191. The lowest BCUT2D eigenvalue weighted by molar-refractivity contribution is -0.177. The predicted molar refractivity (Wildman–Crippen MR) is 133 cm³/mol. The van der Waals surface area contributed by atoms with E-state index in [1.165, 1.54) is 11.0 Å². The summed E-state index contributed by atoms with van der Waals surface area (Å²) in [5.41, 5.74) is 1.50. The molecule has 3 aliphatic heterocycles. The number of carbonyl (C=O) groups is 3. The molecule has 0 bridgehead atoms. The number of piperidine rings is 2. The lowest BCUT2D eigenvalue weighted by Crippen LogP contribution is -2.52. The highest BCUT2D eigenvalue weighted by Crippen LogP contribution is 2.35. The molecule has 36 heavy (non-hydrogen) atoms. The van der Waals surface area contributed by atoms with Crippen molar-refractivity contribution in [2.24, 2.45) is 5.92 Å². The van der Waals surface area contributed by atoms with E-state index >= 15 is 4.39 Å². The Hall–Kier alpha value is -2.52. The van der Waals surface area contributed by atoms with Crippen molar-refractivity contribution < 1.29 is 28.2 Å². The van der Waals surface area contributed by atoms with Gasteiger partial charge in [-0.25, -0.2) is 4.39 Å². The molecule has 3 aliphatic rings. The van der Waals surface area contributed by atoms with E-state index in [-0.39, 0.29) is 43.4 Å². The number of hydrogen-bond donors (Lipinski definition) is 1. The van der Waals surface area contributed by atoms with Crippen molar-refractivity contribution in [1.82, 2.24) is 10.2 Å². The van der Waals surface area contributed by atoms with Crippen LogP contribution in [0.25, 0.3) is 0 Å². The normalized spacial score (nSPS) is 20.9. The second kappa shape index (κ2) is 12.1. The summed E-state index contributed by atoms with van der Waals surface area (Å²) in [5, 5.41) is 2.30. The van der Waals surface area contributed by atoms with Crippen molar-refractivity contribution in [3.63, 3.8) is 0 Å². The molecule has 1 aromatic carbocycles. The van der Waals surface area contributed by atoms with E-state index in [9.17, 15) is 14.4 Å². The molecule has 4 rings (SSSR count). The first kappa shape index (κ1) is 26.5. The lowest BCUT2D eigenvalue weighted by Gasteiger charge is -2.37. The zero-order valence-electron chi connectivity index (χ0n) is 21.4. The fourth-order valence-corrected chi connectivity index (χ4v) is 5.24. The summed E-state index contributed by atoms with van der Waals surface area (Å²) < 4.78 is 27.3. The van der Waals surface area contributed by atoms with Gasteiger partial charge in [0, 0.05) is 50.8 Å². The average molecular weight is 504 g/mol. The van der Waals surface area contributed by atoms with Crippen LogP contribution >= 0.6 is 0 Å². The average Bonchev–Trinajstić information content (AvgIpc) is 3.18. The van der Waals surface area contributed by atoms with E-state index in [0.29, 0.717) is 43.1 Å². The summed E-state index contributed by atoms with van der Waals surface area (Å²) in [4.78, 5) is 40.2. The number of anilines is 1. The highest BCUT2D eigenvalue weighted by Gasteiger charge is 2.40. The van der Waals surface area contributed by atoms with Crippen LogP contribution in [0.1, 0.15) is 81.1 Å². The Kier molecular flexibility index (Phi) is 8.95. The quantitative estimate of drug-likeness (QED) is 0.281. The third-order valence-corrected chi connectivity index (χ3v) is 7.42. The Morgan fingerprint density at radius 3 is 2.31 bits per heavy atom. The summed E-state index contributed by atoms with van der Waals surface area (Å²) in [6, 6.07) is 2.35. The van der Waals surface area contributed by atoms with Crippen LogP contribution in [0.4, 0.5) is 10.1 Å². The van der Waals surface area contributed by atoms with Gasteiger partial charge in [-0.1, -0.05) is 26.7 Å². The van der Waals surface area contributed by atoms with Crippen LogP contribution in [0, 0.1) is 11.7 Å². The van der Waals surface area contributed by atoms with Gasteiger partial charge in [0.1, 0.15) is 11.9 Å². The number of hydrogen-bond acceptors (Lipinski definition) is 6. The Morgan fingerprint density at radius 1 is 1.03 bits per heavy atom. The van der Waals surface area contributed by atoms with E-state index in [0.717, 1.165) is 38.5 Å². The van der Waals surface area contributed by atoms with Gasteiger partial charge in [0.15, 0.2) is 6.29 Å². The SMILES string of the molecule is CCCCOC(OCCCC)C1CCN(c2cc3c(cc2F)C(=O)N([C@H]2CCC(=O)NC2=O)C3)CC1. The molecule has 0 saturated carbocycles. The predicted octanol–water partition coefficient (Wildman–Crippen LogP) is 3.76. The number of amides is 3. The molecular weight excluding hydrogens is 465 g/mol. The number of carbonyl (C=O) groups excluding carboxylic acids is 3. The minimum Gasteiger partial charge on any atom is -0.369 e. The first-order valence-corrected chi connectivity index (χ1v) is 13.4. The van der Waals surface area contributed by atoms with Crippen LogP contribution in [0.15, 0.2) is 12.1 Å². The number of imide groups is 1. The number of unbranched alkanes of at least 4 members (excludes halogenated alkanes) is 2. The van der Waals surface area contributed by atoms with E-state index < -0.39 is 17.8 Å². The zero-order valence-corrected chi connectivity index (χ0v) is 21.4. The van der Waals surface area contributed by atoms with Crippen molar-refractivity contribution >= 4 is 23.4 Å². The summed E-state index contributed by atoms with van der Waals surface area (Å²) in [6.45, 7) is 7.24. The molecular formula is C27H38FN3O5. The third-order valence-electron chi connectivity index (χ3n) is 7.42. The number of fused-ring (bicyclic) bond motifs is 1. The molecule has 3 amide bonds. The number of halogens is 1. The zero-order chi connectivity index (χ0) is 25.7. The van der Waals surface area contributed by atoms with Gasteiger partial charge in [-0.15, -0.1) is 0 Å². The second-order valence-electron chi connectivity index (χ2n) is 10.0. The van der Waals surface area contributed by atoms with Crippen molar-refractivity contribution in [1.29, 1.82) is 0 Å². The largest absolute Gasteiger partial charge is 0.369 e. The van der Waals surface area contributed by atoms with Crippen molar-refractivity contribution in [2.45, 2.75) is 84.1 Å². The van der Waals surface area contributed by atoms with Gasteiger partial charge in [-0.2, -0.15) is 0 Å². The first-order chi connectivity index (χ1) is 17.4. The van der Waals surface area contributed by atoms with E-state index in [2.05, 4.69) is 19.2 Å². The number of benzene rings is 1. The highest BCUT2D eigenvalue weighted by atomic mass is 19.1. The monoisotopic (exact) mass is 503 g/mol. The molecule has 2 fully saturated rings. The van der Waals surface area contributed by atoms with Gasteiger partial charge in [-0.3, -0.25) is 19.7 Å². The maximum Gasteiger partial charge on any atom is 0.255 e. The molecule has 0 aromatic heterocycles. The molecule has 3 heterocycles. The number of nitrogens with one attached hydrogen (secondary N) is 1. The molecule has 9 heteroatoms.